The fourth-order valence-electron chi connectivity index (χ4n) is 3.18. The van der Waals surface area contributed by atoms with Crippen LogP contribution in [0.3, 0.4) is 0 Å². The first kappa shape index (κ1) is 16.7. The van der Waals surface area contributed by atoms with Crippen LogP contribution >= 0.6 is 0 Å². The third-order valence-electron chi connectivity index (χ3n) is 4.63. The van der Waals surface area contributed by atoms with Gasteiger partial charge in [-0.2, -0.15) is 0 Å². The zero-order chi connectivity index (χ0) is 16.7. The molecule has 1 aliphatic heterocycles. The number of hydrogen-bond acceptors (Lipinski definition) is 3. The predicted octanol–water partition coefficient (Wildman–Crippen LogP) is 1.63. The first-order chi connectivity index (χ1) is 10.1. The van der Waals surface area contributed by atoms with Crippen molar-refractivity contribution in [3.05, 3.63) is 33.2 Å². The van der Waals surface area contributed by atoms with Gasteiger partial charge in [0.1, 0.15) is 5.56 Å². The lowest BCUT2D eigenvalue weighted by atomic mass is 9.87. The van der Waals surface area contributed by atoms with E-state index in [2.05, 4.69) is 0 Å². The smallest absolute Gasteiger partial charge is 0.263 e. The number of nitrogens with zero attached hydrogens (tertiary/aromatic N) is 2. The second-order valence-corrected chi connectivity index (χ2v) is 7.23. The van der Waals surface area contributed by atoms with E-state index in [4.69, 9.17) is 0 Å². The van der Waals surface area contributed by atoms with E-state index in [1.807, 2.05) is 27.7 Å². The predicted molar refractivity (Wildman–Crippen MR) is 86.1 cm³/mol. The summed E-state index contributed by atoms with van der Waals surface area (Å²) in [6.07, 6.45) is 0.831. The average molecular weight is 306 g/mol. The lowest BCUT2D eigenvalue weighted by molar-refractivity contribution is 0.0702. The van der Waals surface area contributed by atoms with Crippen molar-refractivity contribution in [3.8, 4) is 0 Å². The number of aliphatic hydroxyl groups excluding tert-OH is 1. The van der Waals surface area contributed by atoms with E-state index in [0.29, 0.717) is 25.9 Å². The highest BCUT2D eigenvalue weighted by Gasteiger charge is 2.32. The van der Waals surface area contributed by atoms with E-state index in [1.54, 1.807) is 18.0 Å². The van der Waals surface area contributed by atoms with Crippen LogP contribution in [-0.2, 0) is 7.05 Å². The van der Waals surface area contributed by atoms with Gasteiger partial charge in [0.25, 0.3) is 11.5 Å². The molecule has 5 heteroatoms. The number of pyridine rings is 1. The molecular weight excluding hydrogens is 280 g/mol. The maximum absolute atomic E-state index is 12.8. The minimum atomic E-state index is -0.393. The van der Waals surface area contributed by atoms with Gasteiger partial charge in [-0.15, -0.1) is 0 Å². The Labute approximate surface area is 131 Å². The Bertz CT molecular complexity index is 646. The Morgan fingerprint density at radius 3 is 2.64 bits per heavy atom. The Morgan fingerprint density at radius 1 is 1.36 bits per heavy atom. The summed E-state index contributed by atoms with van der Waals surface area (Å²) < 4.78 is 1.53. The molecule has 0 aromatic carbocycles. The van der Waals surface area contributed by atoms with E-state index >= 15 is 0 Å². The Kier molecular flexibility index (Phi) is 4.47. The molecule has 1 amide bonds. The van der Waals surface area contributed by atoms with Crippen LogP contribution in [0.1, 0.15) is 48.3 Å². The van der Waals surface area contributed by atoms with Gasteiger partial charge in [0, 0.05) is 25.8 Å². The van der Waals surface area contributed by atoms with E-state index in [9.17, 15) is 14.7 Å². The second-order valence-electron chi connectivity index (χ2n) is 7.23. The molecule has 1 aromatic heterocycles. The SMILES string of the molecule is Cc1cc(C(=O)N2CC[C@H](O)CC(C)(C)C2)c(=O)n(C)c1C. The maximum Gasteiger partial charge on any atom is 0.263 e. The molecule has 1 N–H and O–H groups in total. The highest BCUT2D eigenvalue weighted by atomic mass is 16.3. The van der Waals surface area contributed by atoms with Crippen LogP contribution in [0.5, 0.6) is 0 Å². The van der Waals surface area contributed by atoms with Crippen LogP contribution in [0.4, 0.5) is 0 Å². The monoisotopic (exact) mass is 306 g/mol. The lowest BCUT2D eigenvalue weighted by Crippen LogP contribution is -2.41. The first-order valence-corrected chi connectivity index (χ1v) is 7.77. The van der Waals surface area contributed by atoms with Gasteiger partial charge in [-0.1, -0.05) is 13.8 Å². The highest BCUT2D eigenvalue weighted by molar-refractivity contribution is 5.94. The third-order valence-corrected chi connectivity index (χ3v) is 4.63. The van der Waals surface area contributed by atoms with Crippen molar-refractivity contribution in [3.63, 3.8) is 0 Å². The fourth-order valence-corrected chi connectivity index (χ4v) is 3.18. The van der Waals surface area contributed by atoms with E-state index < -0.39 is 6.10 Å². The number of rotatable bonds is 1. The fraction of sp³-hybridized carbons (Fsp3) is 0.647. The number of carbonyl (C=O) groups is 1. The Balaban J connectivity index is 2.38. The summed E-state index contributed by atoms with van der Waals surface area (Å²) >= 11 is 0. The molecule has 1 aromatic rings. The zero-order valence-corrected chi connectivity index (χ0v) is 14.1. The van der Waals surface area contributed by atoms with Crippen molar-refractivity contribution in [2.75, 3.05) is 13.1 Å². The quantitative estimate of drug-likeness (QED) is 0.857. The molecule has 1 aliphatic rings. The molecule has 5 nitrogen and oxygen atoms in total. The van der Waals surface area contributed by atoms with E-state index in [-0.39, 0.29) is 22.4 Å². The molecule has 1 fully saturated rings. The maximum atomic E-state index is 12.8. The normalized spacial score (nSPS) is 21.5. The second kappa shape index (κ2) is 5.88. The van der Waals surface area contributed by atoms with Crippen molar-refractivity contribution < 1.29 is 9.90 Å². The number of likely N-dealkylation sites (tertiary alicyclic amines) is 1. The summed E-state index contributed by atoms with van der Waals surface area (Å²) in [6.45, 7) is 8.90. The molecule has 0 bridgehead atoms. The summed E-state index contributed by atoms with van der Waals surface area (Å²) in [5.41, 5.74) is 1.61. The van der Waals surface area contributed by atoms with Crippen LogP contribution in [0, 0.1) is 19.3 Å². The number of hydrogen-bond donors (Lipinski definition) is 1. The number of carbonyl (C=O) groups excluding carboxylic acids is 1. The van der Waals surface area contributed by atoms with Gasteiger partial charge in [-0.05, 0) is 43.7 Å². The van der Waals surface area contributed by atoms with Crippen molar-refractivity contribution in [2.45, 2.75) is 46.6 Å². The minimum Gasteiger partial charge on any atom is -0.393 e. The number of amides is 1. The topological polar surface area (TPSA) is 62.5 Å². The summed E-state index contributed by atoms with van der Waals surface area (Å²) in [5, 5.41) is 9.97. The first-order valence-electron chi connectivity index (χ1n) is 7.77. The molecule has 2 rings (SSSR count). The molecule has 1 atom stereocenters. The summed E-state index contributed by atoms with van der Waals surface area (Å²) in [5.74, 6) is -0.231. The van der Waals surface area contributed by atoms with Gasteiger partial charge < -0.3 is 14.6 Å². The number of aryl methyl sites for hydroxylation is 1. The van der Waals surface area contributed by atoms with Crippen LogP contribution in [0.15, 0.2) is 10.9 Å². The number of aliphatic hydroxyl groups is 1. The standard InChI is InChI=1S/C17H26N2O3/c1-11-8-14(15(21)18(5)12(11)2)16(22)19-7-6-13(20)9-17(3,4)10-19/h8,13,20H,6-7,9-10H2,1-5H3/t13-/m0/s1. The van der Waals surface area contributed by atoms with Gasteiger partial charge in [0.15, 0.2) is 0 Å². The molecule has 22 heavy (non-hydrogen) atoms. The van der Waals surface area contributed by atoms with Gasteiger partial charge >= 0.3 is 0 Å². The summed E-state index contributed by atoms with van der Waals surface area (Å²) in [6, 6.07) is 1.69. The largest absolute Gasteiger partial charge is 0.393 e. The third kappa shape index (κ3) is 3.24. The lowest BCUT2D eigenvalue weighted by Gasteiger charge is -2.29. The van der Waals surface area contributed by atoms with Crippen LogP contribution < -0.4 is 5.56 Å². The van der Waals surface area contributed by atoms with Gasteiger partial charge in [0.2, 0.25) is 0 Å². The van der Waals surface area contributed by atoms with E-state index in [0.717, 1.165) is 11.3 Å². The summed E-state index contributed by atoms with van der Waals surface area (Å²) in [7, 11) is 1.69. The average Bonchev–Trinajstić information content (AvgIpc) is 2.57. The van der Waals surface area contributed by atoms with Crippen molar-refractivity contribution in [1.29, 1.82) is 0 Å². The van der Waals surface area contributed by atoms with Crippen LogP contribution in [0.2, 0.25) is 0 Å². The van der Waals surface area contributed by atoms with Crippen LogP contribution in [-0.4, -0.2) is 39.7 Å². The molecule has 0 aliphatic carbocycles. The molecular formula is C17H26N2O3. The molecule has 0 radical (unpaired) electrons. The molecule has 1 saturated heterocycles. The molecule has 2 heterocycles. The molecule has 0 unspecified atom stereocenters. The zero-order valence-electron chi connectivity index (χ0n) is 14.1. The van der Waals surface area contributed by atoms with Gasteiger partial charge in [-0.3, -0.25) is 9.59 Å². The van der Waals surface area contributed by atoms with Gasteiger partial charge in [-0.25, -0.2) is 0 Å². The highest BCUT2D eigenvalue weighted by Crippen LogP contribution is 2.28. The van der Waals surface area contributed by atoms with Crippen molar-refractivity contribution in [1.82, 2.24) is 9.47 Å². The van der Waals surface area contributed by atoms with E-state index in [1.165, 1.54) is 4.57 Å². The Morgan fingerprint density at radius 2 is 2.00 bits per heavy atom. The number of aromatic nitrogens is 1. The molecule has 122 valence electrons. The van der Waals surface area contributed by atoms with Crippen molar-refractivity contribution in [2.24, 2.45) is 12.5 Å². The van der Waals surface area contributed by atoms with Crippen LogP contribution in [0.25, 0.3) is 0 Å². The minimum absolute atomic E-state index is 0.156. The Hall–Kier alpha value is -1.62. The molecule has 0 spiro atoms. The van der Waals surface area contributed by atoms with Crippen molar-refractivity contribution >= 4 is 5.91 Å². The molecule has 0 saturated carbocycles. The van der Waals surface area contributed by atoms with Gasteiger partial charge in [0.05, 0.1) is 6.10 Å². The summed E-state index contributed by atoms with van der Waals surface area (Å²) in [4.78, 5) is 26.9.